The van der Waals surface area contributed by atoms with E-state index in [2.05, 4.69) is 4.72 Å². The summed E-state index contributed by atoms with van der Waals surface area (Å²) in [6, 6.07) is 6.80. The Bertz CT molecular complexity index is 662. The van der Waals surface area contributed by atoms with E-state index in [1.54, 1.807) is 24.3 Å². The standard InChI is InChI=1S/C14H18F2N2O4S/c15-14(16)7-8-18(10-14)23(21,22)17-9-12-3-1-11(2-4-12)5-6-13(19)20/h1-4,17H,5-10H2,(H,19,20). The lowest BCUT2D eigenvalue weighted by molar-refractivity contribution is -0.136. The summed E-state index contributed by atoms with van der Waals surface area (Å²) >= 11 is 0. The van der Waals surface area contributed by atoms with E-state index in [0.29, 0.717) is 12.0 Å². The van der Waals surface area contributed by atoms with Gasteiger partial charge in [0.25, 0.3) is 16.1 Å². The maximum Gasteiger partial charge on any atom is 0.303 e. The van der Waals surface area contributed by atoms with Gasteiger partial charge in [0, 0.05) is 25.9 Å². The molecule has 2 N–H and O–H groups in total. The predicted octanol–water partition coefficient (Wildman–Crippen LogP) is 1.38. The zero-order valence-electron chi connectivity index (χ0n) is 12.3. The number of benzene rings is 1. The van der Waals surface area contributed by atoms with E-state index in [-0.39, 0.29) is 19.5 Å². The fourth-order valence-corrected chi connectivity index (χ4v) is 3.47. The SMILES string of the molecule is O=C(O)CCc1ccc(CNS(=O)(=O)N2CCC(F)(F)C2)cc1. The lowest BCUT2D eigenvalue weighted by Crippen LogP contribution is -2.40. The normalized spacial score (nSPS) is 18.2. The number of nitrogens with zero attached hydrogens (tertiary/aromatic N) is 1. The maximum atomic E-state index is 13.1. The van der Waals surface area contributed by atoms with Gasteiger partial charge in [-0.1, -0.05) is 24.3 Å². The highest BCUT2D eigenvalue weighted by Crippen LogP contribution is 2.28. The molecule has 2 rings (SSSR count). The monoisotopic (exact) mass is 348 g/mol. The van der Waals surface area contributed by atoms with Gasteiger partial charge < -0.3 is 5.11 Å². The van der Waals surface area contributed by atoms with E-state index >= 15 is 0 Å². The largest absolute Gasteiger partial charge is 0.481 e. The molecule has 6 nitrogen and oxygen atoms in total. The minimum Gasteiger partial charge on any atom is -0.481 e. The summed E-state index contributed by atoms with van der Waals surface area (Å²) in [5.41, 5.74) is 1.50. The highest BCUT2D eigenvalue weighted by Gasteiger charge is 2.43. The summed E-state index contributed by atoms with van der Waals surface area (Å²) in [4.78, 5) is 10.5. The van der Waals surface area contributed by atoms with Gasteiger partial charge in [0.2, 0.25) is 0 Å². The molecular formula is C14H18F2N2O4S. The second-order valence-corrected chi connectivity index (χ2v) is 7.23. The lowest BCUT2D eigenvalue weighted by atomic mass is 10.1. The van der Waals surface area contributed by atoms with Crippen molar-refractivity contribution in [3.8, 4) is 0 Å². The van der Waals surface area contributed by atoms with Crippen LogP contribution in [-0.4, -0.2) is 42.8 Å². The first-order valence-electron chi connectivity index (χ1n) is 7.10. The van der Waals surface area contributed by atoms with Crippen molar-refractivity contribution in [3.05, 3.63) is 35.4 Å². The average molecular weight is 348 g/mol. The Morgan fingerprint density at radius 1 is 1.26 bits per heavy atom. The average Bonchev–Trinajstić information content (AvgIpc) is 2.85. The van der Waals surface area contributed by atoms with Crippen molar-refractivity contribution in [2.75, 3.05) is 13.1 Å². The number of hydrogen-bond acceptors (Lipinski definition) is 3. The number of alkyl halides is 2. The number of nitrogens with one attached hydrogen (secondary N) is 1. The summed E-state index contributed by atoms with van der Waals surface area (Å²) in [5, 5.41) is 8.61. The van der Waals surface area contributed by atoms with Crippen molar-refractivity contribution < 1.29 is 27.1 Å². The Kier molecular flexibility index (Phi) is 5.33. The molecule has 1 heterocycles. The fourth-order valence-electron chi connectivity index (χ4n) is 2.25. The quantitative estimate of drug-likeness (QED) is 0.779. The topological polar surface area (TPSA) is 86.7 Å². The number of carboxylic acid groups (broad SMARTS) is 1. The van der Waals surface area contributed by atoms with Gasteiger partial charge in [0.05, 0.1) is 6.54 Å². The molecule has 9 heteroatoms. The Balaban J connectivity index is 1.89. The fraction of sp³-hybridized carbons (Fsp3) is 0.500. The Morgan fingerprint density at radius 2 is 1.87 bits per heavy atom. The van der Waals surface area contributed by atoms with Crippen molar-refractivity contribution in [3.63, 3.8) is 0 Å². The van der Waals surface area contributed by atoms with Gasteiger partial charge in [-0.05, 0) is 17.5 Å². The zero-order chi connectivity index (χ0) is 17.1. The molecule has 128 valence electrons. The highest BCUT2D eigenvalue weighted by atomic mass is 32.2. The van der Waals surface area contributed by atoms with Gasteiger partial charge in [-0.3, -0.25) is 4.79 Å². The molecule has 0 aromatic heterocycles. The lowest BCUT2D eigenvalue weighted by Gasteiger charge is -2.16. The van der Waals surface area contributed by atoms with Crippen LogP contribution in [0.3, 0.4) is 0 Å². The second kappa shape index (κ2) is 6.90. The van der Waals surface area contributed by atoms with E-state index in [1.807, 2.05) is 0 Å². The van der Waals surface area contributed by atoms with Crippen LogP contribution < -0.4 is 4.72 Å². The second-order valence-electron chi connectivity index (χ2n) is 5.48. The van der Waals surface area contributed by atoms with Gasteiger partial charge in [0.1, 0.15) is 0 Å². The smallest absolute Gasteiger partial charge is 0.303 e. The Morgan fingerprint density at radius 3 is 2.39 bits per heavy atom. The molecule has 0 spiro atoms. The highest BCUT2D eigenvalue weighted by molar-refractivity contribution is 7.87. The van der Waals surface area contributed by atoms with E-state index in [0.717, 1.165) is 9.87 Å². The summed E-state index contributed by atoms with van der Waals surface area (Å²) in [6.07, 6.45) is -0.0501. The van der Waals surface area contributed by atoms with Crippen LogP contribution in [0.1, 0.15) is 24.0 Å². The molecule has 1 aliphatic rings. The number of carboxylic acids is 1. The summed E-state index contributed by atoms with van der Waals surface area (Å²) in [6.45, 7) is -1.00. The van der Waals surface area contributed by atoms with Crippen molar-refractivity contribution in [2.45, 2.75) is 31.7 Å². The molecule has 1 aromatic carbocycles. The molecule has 1 aliphatic heterocycles. The van der Waals surface area contributed by atoms with Crippen molar-refractivity contribution in [1.29, 1.82) is 0 Å². The van der Waals surface area contributed by atoms with Crippen LogP contribution in [0.4, 0.5) is 8.78 Å². The zero-order valence-corrected chi connectivity index (χ0v) is 13.2. The Labute approximate surface area is 133 Å². The van der Waals surface area contributed by atoms with Gasteiger partial charge in [0.15, 0.2) is 0 Å². The summed E-state index contributed by atoms with van der Waals surface area (Å²) < 4.78 is 53.1. The molecule has 0 aliphatic carbocycles. The number of aliphatic carboxylic acids is 1. The molecule has 0 unspecified atom stereocenters. The first kappa shape index (κ1) is 17.8. The number of hydrogen-bond donors (Lipinski definition) is 2. The van der Waals surface area contributed by atoms with Crippen LogP contribution in [0.15, 0.2) is 24.3 Å². The van der Waals surface area contributed by atoms with Gasteiger partial charge in [-0.2, -0.15) is 17.4 Å². The predicted molar refractivity (Wildman–Crippen MR) is 79.3 cm³/mol. The van der Waals surface area contributed by atoms with Crippen molar-refractivity contribution in [1.82, 2.24) is 9.03 Å². The number of carbonyl (C=O) groups is 1. The van der Waals surface area contributed by atoms with Gasteiger partial charge in [-0.15, -0.1) is 0 Å². The van der Waals surface area contributed by atoms with E-state index < -0.39 is 35.1 Å². The van der Waals surface area contributed by atoms with Crippen LogP contribution in [0, 0.1) is 0 Å². The number of halogens is 2. The van der Waals surface area contributed by atoms with Crippen molar-refractivity contribution >= 4 is 16.2 Å². The van der Waals surface area contributed by atoms with Crippen molar-refractivity contribution in [2.24, 2.45) is 0 Å². The minimum absolute atomic E-state index is 0.0103. The number of rotatable bonds is 7. The van der Waals surface area contributed by atoms with Crippen LogP contribution >= 0.6 is 0 Å². The third-order valence-corrected chi connectivity index (χ3v) is 5.08. The third kappa shape index (κ3) is 5.22. The third-order valence-electron chi connectivity index (χ3n) is 3.58. The molecule has 1 aromatic rings. The summed E-state index contributed by atoms with van der Waals surface area (Å²) in [5.74, 6) is -3.86. The molecule has 0 radical (unpaired) electrons. The molecular weight excluding hydrogens is 330 g/mol. The van der Waals surface area contributed by atoms with Crippen LogP contribution in [0.2, 0.25) is 0 Å². The van der Waals surface area contributed by atoms with Crippen LogP contribution in [0.5, 0.6) is 0 Å². The first-order valence-corrected chi connectivity index (χ1v) is 8.54. The molecule has 0 bridgehead atoms. The van der Waals surface area contributed by atoms with E-state index in [4.69, 9.17) is 5.11 Å². The maximum absolute atomic E-state index is 13.1. The molecule has 1 fully saturated rings. The molecule has 0 atom stereocenters. The Hall–Kier alpha value is -1.58. The minimum atomic E-state index is -3.94. The van der Waals surface area contributed by atoms with Crippen LogP contribution in [-0.2, 0) is 28.0 Å². The molecule has 23 heavy (non-hydrogen) atoms. The first-order chi connectivity index (χ1) is 10.7. The van der Waals surface area contributed by atoms with Gasteiger partial charge in [-0.25, -0.2) is 8.78 Å². The molecule has 0 amide bonds. The number of aryl methyl sites for hydroxylation is 1. The molecule has 0 saturated carbocycles. The van der Waals surface area contributed by atoms with E-state index in [1.165, 1.54) is 0 Å². The summed E-state index contributed by atoms with van der Waals surface area (Å²) in [7, 11) is -3.94. The van der Waals surface area contributed by atoms with Crippen LogP contribution in [0.25, 0.3) is 0 Å². The van der Waals surface area contributed by atoms with E-state index in [9.17, 15) is 22.0 Å². The van der Waals surface area contributed by atoms with Gasteiger partial charge >= 0.3 is 5.97 Å². The molecule has 1 saturated heterocycles.